The smallest absolute Gasteiger partial charge is 0.231 e. The average molecular weight is 317 g/mol. The van der Waals surface area contributed by atoms with Crippen molar-refractivity contribution < 1.29 is 9.47 Å². The van der Waals surface area contributed by atoms with E-state index in [9.17, 15) is 0 Å². The highest BCUT2D eigenvalue weighted by atomic mass is 32.1. The molecule has 116 valence electrons. The minimum atomic E-state index is 0.283. The highest BCUT2D eigenvalue weighted by Gasteiger charge is 2.39. The van der Waals surface area contributed by atoms with E-state index in [1.165, 1.54) is 25.7 Å². The van der Waals surface area contributed by atoms with Crippen LogP contribution in [-0.2, 0) is 0 Å². The molecule has 0 spiro atoms. The number of benzene rings is 1. The third-order valence-corrected chi connectivity index (χ3v) is 5.04. The fraction of sp³-hybridized carbons (Fsp3) is 0.500. The van der Waals surface area contributed by atoms with Gasteiger partial charge in [0.1, 0.15) is 0 Å². The summed E-state index contributed by atoms with van der Waals surface area (Å²) in [6.07, 6.45) is 7.08. The van der Waals surface area contributed by atoms with Gasteiger partial charge in [0.15, 0.2) is 16.6 Å². The normalized spacial score (nSPS) is 28.3. The number of nitrogens with zero attached hydrogens (tertiary/aromatic N) is 1. The second kappa shape index (κ2) is 5.76. The number of hydrazone groups is 1. The summed E-state index contributed by atoms with van der Waals surface area (Å²) in [7, 11) is 0. The first kappa shape index (κ1) is 13.8. The van der Waals surface area contributed by atoms with Crippen LogP contribution in [0.4, 0.5) is 0 Å². The van der Waals surface area contributed by atoms with E-state index in [1.54, 1.807) is 6.21 Å². The van der Waals surface area contributed by atoms with Crippen molar-refractivity contribution >= 4 is 23.5 Å². The second-order valence-corrected chi connectivity index (χ2v) is 6.65. The fourth-order valence-corrected chi connectivity index (χ4v) is 3.99. The van der Waals surface area contributed by atoms with Crippen LogP contribution in [0.15, 0.2) is 23.3 Å². The Labute approximate surface area is 135 Å². The molecule has 3 atom stereocenters. The number of hydrogen-bond donors (Lipinski definition) is 2. The lowest BCUT2D eigenvalue weighted by Crippen LogP contribution is -2.42. The van der Waals surface area contributed by atoms with Crippen molar-refractivity contribution in [2.24, 2.45) is 16.9 Å². The monoisotopic (exact) mass is 317 g/mol. The zero-order chi connectivity index (χ0) is 14.9. The van der Waals surface area contributed by atoms with Crippen LogP contribution in [0.3, 0.4) is 0 Å². The van der Waals surface area contributed by atoms with Gasteiger partial charge < -0.3 is 14.8 Å². The summed E-state index contributed by atoms with van der Waals surface area (Å²) in [5.41, 5.74) is 3.85. The van der Waals surface area contributed by atoms with E-state index in [0.29, 0.717) is 11.2 Å². The van der Waals surface area contributed by atoms with Gasteiger partial charge in [-0.1, -0.05) is 6.42 Å². The molecule has 1 aromatic rings. The van der Waals surface area contributed by atoms with E-state index < -0.39 is 0 Å². The van der Waals surface area contributed by atoms with Crippen molar-refractivity contribution in [3.63, 3.8) is 0 Å². The number of thiocarbonyl (C=S) groups is 1. The van der Waals surface area contributed by atoms with Crippen molar-refractivity contribution in [1.29, 1.82) is 0 Å². The first-order valence-corrected chi connectivity index (χ1v) is 8.18. The number of ether oxygens (including phenoxy) is 2. The van der Waals surface area contributed by atoms with Gasteiger partial charge in [-0.05, 0) is 67.1 Å². The van der Waals surface area contributed by atoms with Gasteiger partial charge in [-0.3, -0.25) is 5.43 Å². The maximum atomic E-state index is 5.34. The molecule has 0 unspecified atom stereocenters. The molecular weight excluding hydrogens is 298 g/mol. The van der Waals surface area contributed by atoms with Gasteiger partial charge in [0, 0.05) is 6.04 Å². The Morgan fingerprint density at radius 2 is 2.14 bits per heavy atom. The van der Waals surface area contributed by atoms with Gasteiger partial charge in [0.25, 0.3) is 0 Å². The van der Waals surface area contributed by atoms with Crippen molar-refractivity contribution in [3.05, 3.63) is 23.8 Å². The Morgan fingerprint density at radius 3 is 2.95 bits per heavy atom. The SMILES string of the molecule is S=C(N/N=C\c1ccc2c(c1)OCO2)N[C@H]1C[C@H]2CC[C@@H]1C2. The summed E-state index contributed by atoms with van der Waals surface area (Å²) < 4.78 is 10.6. The quantitative estimate of drug-likeness (QED) is 0.509. The van der Waals surface area contributed by atoms with E-state index in [1.807, 2.05) is 18.2 Å². The molecule has 1 aliphatic heterocycles. The van der Waals surface area contributed by atoms with Crippen LogP contribution in [0.5, 0.6) is 11.5 Å². The summed E-state index contributed by atoms with van der Waals surface area (Å²) in [6.45, 7) is 0.283. The van der Waals surface area contributed by atoms with E-state index in [2.05, 4.69) is 15.8 Å². The van der Waals surface area contributed by atoms with E-state index in [0.717, 1.165) is 28.9 Å². The van der Waals surface area contributed by atoms with Gasteiger partial charge in [0.2, 0.25) is 6.79 Å². The predicted octanol–water partition coefficient (Wildman–Crippen LogP) is 2.40. The second-order valence-electron chi connectivity index (χ2n) is 6.24. The Balaban J connectivity index is 1.29. The van der Waals surface area contributed by atoms with Crippen LogP contribution < -0.4 is 20.2 Å². The topological polar surface area (TPSA) is 54.9 Å². The summed E-state index contributed by atoms with van der Waals surface area (Å²) in [6, 6.07) is 6.25. The molecule has 1 heterocycles. The molecule has 2 fully saturated rings. The number of rotatable bonds is 3. The fourth-order valence-electron chi connectivity index (χ4n) is 3.78. The highest BCUT2D eigenvalue weighted by molar-refractivity contribution is 7.80. The minimum absolute atomic E-state index is 0.283. The van der Waals surface area contributed by atoms with Crippen LogP contribution in [0, 0.1) is 11.8 Å². The standard InChI is InChI=1S/C16H19N3O2S/c22-16(18-13-6-10-1-3-12(13)5-10)19-17-8-11-2-4-14-15(7-11)21-9-20-14/h2,4,7-8,10,12-13H,1,3,5-6,9H2,(H2,18,19,22)/b17-8-/t10-,12+,13-/m0/s1. The number of nitrogens with one attached hydrogen (secondary N) is 2. The molecule has 0 radical (unpaired) electrons. The van der Waals surface area contributed by atoms with E-state index in [-0.39, 0.29) is 6.79 Å². The Hall–Kier alpha value is -1.82. The van der Waals surface area contributed by atoms with Crippen molar-refractivity contribution in [2.75, 3.05) is 6.79 Å². The van der Waals surface area contributed by atoms with Crippen molar-refractivity contribution in [2.45, 2.75) is 31.7 Å². The third-order valence-electron chi connectivity index (χ3n) is 4.83. The Kier molecular flexibility index (Phi) is 3.62. The van der Waals surface area contributed by atoms with Crippen LogP contribution in [0.1, 0.15) is 31.2 Å². The molecule has 0 aromatic heterocycles. The van der Waals surface area contributed by atoms with Crippen LogP contribution in [-0.4, -0.2) is 24.2 Å². The molecule has 2 saturated carbocycles. The van der Waals surface area contributed by atoms with Crippen molar-refractivity contribution in [3.8, 4) is 11.5 Å². The number of fused-ring (bicyclic) bond motifs is 3. The van der Waals surface area contributed by atoms with E-state index >= 15 is 0 Å². The summed E-state index contributed by atoms with van der Waals surface area (Å²) in [5, 5.41) is 8.20. The zero-order valence-corrected chi connectivity index (χ0v) is 13.1. The van der Waals surface area contributed by atoms with Gasteiger partial charge in [0.05, 0.1) is 6.21 Å². The molecule has 2 bridgehead atoms. The molecular formula is C16H19N3O2S. The molecule has 1 aromatic carbocycles. The molecule has 4 rings (SSSR count). The molecule has 5 nitrogen and oxygen atoms in total. The molecule has 3 aliphatic rings. The Bertz CT molecular complexity index is 619. The Morgan fingerprint density at radius 1 is 1.23 bits per heavy atom. The molecule has 2 aliphatic carbocycles. The van der Waals surface area contributed by atoms with Gasteiger partial charge in [-0.15, -0.1) is 0 Å². The maximum Gasteiger partial charge on any atom is 0.231 e. The van der Waals surface area contributed by atoms with Crippen LogP contribution >= 0.6 is 12.2 Å². The molecule has 6 heteroatoms. The maximum absolute atomic E-state index is 5.34. The van der Waals surface area contributed by atoms with Crippen LogP contribution in [0.2, 0.25) is 0 Å². The number of hydrogen-bond acceptors (Lipinski definition) is 4. The van der Waals surface area contributed by atoms with Gasteiger partial charge in [-0.25, -0.2) is 0 Å². The zero-order valence-electron chi connectivity index (χ0n) is 12.2. The van der Waals surface area contributed by atoms with E-state index in [4.69, 9.17) is 21.7 Å². The van der Waals surface area contributed by atoms with Crippen LogP contribution in [0.25, 0.3) is 0 Å². The molecule has 0 saturated heterocycles. The average Bonchev–Trinajstić information content (AvgIpc) is 3.22. The first-order valence-electron chi connectivity index (χ1n) is 7.77. The first-order chi connectivity index (χ1) is 10.8. The summed E-state index contributed by atoms with van der Waals surface area (Å²) in [4.78, 5) is 0. The lowest BCUT2D eigenvalue weighted by Gasteiger charge is -2.23. The minimum Gasteiger partial charge on any atom is -0.454 e. The lowest BCUT2D eigenvalue weighted by atomic mass is 9.96. The van der Waals surface area contributed by atoms with Gasteiger partial charge in [-0.2, -0.15) is 5.10 Å². The highest BCUT2D eigenvalue weighted by Crippen LogP contribution is 2.44. The molecule has 0 amide bonds. The van der Waals surface area contributed by atoms with Crippen molar-refractivity contribution in [1.82, 2.24) is 10.7 Å². The predicted molar refractivity (Wildman–Crippen MR) is 88.3 cm³/mol. The lowest BCUT2D eigenvalue weighted by molar-refractivity contribution is 0.174. The largest absolute Gasteiger partial charge is 0.454 e. The third kappa shape index (κ3) is 2.75. The summed E-state index contributed by atoms with van der Waals surface area (Å²) in [5.74, 6) is 3.23. The molecule has 2 N–H and O–H groups in total. The molecule has 22 heavy (non-hydrogen) atoms. The van der Waals surface area contributed by atoms with Gasteiger partial charge >= 0.3 is 0 Å². The summed E-state index contributed by atoms with van der Waals surface area (Å²) >= 11 is 5.32.